The van der Waals surface area contributed by atoms with E-state index in [-0.39, 0.29) is 30.0 Å². The van der Waals surface area contributed by atoms with Crippen LogP contribution in [0.4, 0.5) is 4.79 Å². The smallest absolute Gasteiger partial charge is 0.408 e. The average molecular weight is 524 g/mol. The Bertz CT molecular complexity index is 1100. The second-order valence-corrected chi connectivity index (χ2v) is 12.0. The third kappa shape index (κ3) is 8.23. The Morgan fingerprint density at radius 2 is 1.58 bits per heavy atom. The number of ether oxygens (including phenoxy) is 1. The van der Waals surface area contributed by atoms with Crippen LogP contribution in [0.2, 0.25) is 0 Å². The molecule has 2 aromatic rings. The van der Waals surface area contributed by atoms with E-state index in [1.165, 1.54) is 12.1 Å². The molecule has 2 unspecified atom stereocenters. The van der Waals surface area contributed by atoms with Crippen LogP contribution in [0.3, 0.4) is 0 Å². The molecule has 3 rings (SSSR count). The largest absolute Gasteiger partial charge is 0.508 e. The molecular weight excluding hydrogens is 482 g/mol. The molecule has 1 saturated carbocycles. The van der Waals surface area contributed by atoms with Crippen LogP contribution in [0.1, 0.15) is 78.0 Å². The quantitative estimate of drug-likeness (QED) is 0.458. The highest BCUT2D eigenvalue weighted by molar-refractivity contribution is 5.92. The van der Waals surface area contributed by atoms with Crippen molar-refractivity contribution < 1.29 is 24.2 Å². The lowest BCUT2D eigenvalue weighted by atomic mass is 9.87. The van der Waals surface area contributed by atoms with Crippen LogP contribution in [0.5, 0.6) is 5.75 Å². The van der Waals surface area contributed by atoms with Gasteiger partial charge in [0.05, 0.1) is 0 Å². The van der Waals surface area contributed by atoms with Gasteiger partial charge in [-0.25, -0.2) is 4.79 Å². The molecule has 8 heteroatoms. The van der Waals surface area contributed by atoms with Crippen molar-refractivity contribution in [3.05, 3.63) is 65.7 Å². The molecule has 0 aromatic heterocycles. The minimum atomic E-state index is -0.983. The molecule has 0 saturated heterocycles. The number of hydrogen-bond acceptors (Lipinski definition) is 5. The molecule has 3 N–H and O–H groups in total. The van der Waals surface area contributed by atoms with Crippen LogP contribution in [0.15, 0.2) is 54.6 Å². The third-order valence-electron chi connectivity index (χ3n) is 6.23. The summed E-state index contributed by atoms with van der Waals surface area (Å²) in [5.74, 6) is -0.521. The maximum absolute atomic E-state index is 14.4. The van der Waals surface area contributed by atoms with Gasteiger partial charge in [0.1, 0.15) is 23.4 Å². The number of aromatic hydroxyl groups is 1. The Balaban J connectivity index is 2.02. The van der Waals surface area contributed by atoms with Crippen molar-refractivity contribution in [1.29, 1.82) is 0 Å². The molecule has 1 fully saturated rings. The molecular formula is C30H41N3O5. The fraction of sp³-hybridized carbons (Fsp3) is 0.500. The van der Waals surface area contributed by atoms with Gasteiger partial charge in [-0.1, -0.05) is 42.5 Å². The molecule has 1 aliphatic carbocycles. The van der Waals surface area contributed by atoms with Crippen molar-refractivity contribution >= 4 is 17.9 Å². The maximum atomic E-state index is 14.4. The van der Waals surface area contributed by atoms with Gasteiger partial charge >= 0.3 is 6.09 Å². The summed E-state index contributed by atoms with van der Waals surface area (Å²) in [7, 11) is 0. The van der Waals surface area contributed by atoms with Crippen molar-refractivity contribution in [1.82, 2.24) is 15.5 Å². The molecule has 0 radical (unpaired) electrons. The fourth-order valence-corrected chi connectivity index (χ4v) is 4.39. The molecule has 206 valence electrons. The molecule has 1 aliphatic rings. The minimum Gasteiger partial charge on any atom is -0.508 e. The number of carbonyl (C=O) groups is 3. The first-order chi connectivity index (χ1) is 17.7. The van der Waals surface area contributed by atoms with Crippen LogP contribution in [-0.4, -0.2) is 51.1 Å². The zero-order valence-corrected chi connectivity index (χ0v) is 23.3. The summed E-state index contributed by atoms with van der Waals surface area (Å²) in [6.45, 7) is 11.0. The van der Waals surface area contributed by atoms with Crippen molar-refractivity contribution in [3.8, 4) is 5.75 Å². The lowest BCUT2D eigenvalue weighted by molar-refractivity contribution is -0.148. The normalized spacial score (nSPS) is 15.5. The predicted octanol–water partition coefficient (Wildman–Crippen LogP) is 4.87. The Morgan fingerprint density at radius 1 is 0.974 bits per heavy atom. The van der Waals surface area contributed by atoms with Gasteiger partial charge in [-0.3, -0.25) is 9.59 Å². The van der Waals surface area contributed by atoms with E-state index < -0.39 is 29.3 Å². The number of hydrogen-bond donors (Lipinski definition) is 3. The van der Waals surface area contributed by atoms with E-state index in [2.05, 4.69) is 10.6 Å². The van der Waals surface area contributed by atoms with Gasteiger partial charge in [0.2, 0.25) is 11.8 Å². The van der Waals surface area contributed by atoms with Crippen LogP contribution in [-0.2, 0) is 20.7 Å². The number of amides is 3. The van der Waals surface area contributed by atoms with Gasteiger partial charge in [-0.05, 0) is 84.1 Å². The Morgan fingerprint density at radius 3 is 2.08 bits per heavy atom. The minimum absolute atomic E-state index is 0.107. The van der Waals surface area contributed by atoms with Crippen LogP contribution < -0.4 is 10.6 Å². The first-order valence-electron chi connectivity index (χ1n) is 13.2. The maximum Gasteiger partial charge on any atom is 0.408 e. The second-order valence-electron chi connectivity index (χ2n) is 12.0. The van der Waals surface area contributed by atoms with Crippen LogP contribution in [0, 0.1) is 0 Å². The van der Waals surface area contributed by atoms with Gasteiger partial charge < -0.3 is 25.4 Å². The first kappa shape index (κ1) is 29.0. The first-order valence-corrected chi connectivity index (χ1v) is 13.2. The Kier molecular flexibility index (Phi) is 9.07. The summed E-state index contributed by atoms with van der Waals surface area (Å²) in [5.41, 5.74) is 0.207. The summed E-state index contributed by atoms with van der Waals surface area (Å²) >= 11 is 0. The second kappa shape index (κ2) is 11.9. The zero-order valence-electron chi connectivity index (χ0n) is 23.3. The standard InChI is InChI=1S/C30H41N3O5/c1-29(2,3)32-26(35)25(21-11-8-7-9-12-21)33(22-13-10-14-22)27(36)24(31-28(37)38-30(4,5)6)19-20-15-17-23(34)18-16-20/h7-9,11-12,15-18,22,24-25,34H,10,13-14,19H2,1-6H3,(H,31,37)(H,32,35). The number of benzene rings is 2. The number of phenolic OH excluding ortho intramolecular Hbond substituents is 1. The van der Waals surface area contributed by atoms with E-state index in [1.807, 2.05) is 51.1 Å². The van der Waals surface area contributed by atoms with E-state index >= 15 is 0 Å². The highest BCUT2D eigenvalue weighted by Crippen LogP contribution is 2.34. The van der Waals surface area contributed by atoms with E-state index in [9.17, 15) is 19.5 Å². The highest BCUT2D eigenvalue weighted by atomic mass is 16.6. The van der Waals surface area contributed by atoms with Crippen LogP contribution in [0.25, 0.3) is 0 Å². The summed E-state index contributed by atoms with van der Waals surface area (Å²) in [5, 5.41) is 15.5. The van der Waals surface area contributed by atoms with Gasteiger partial charge in [0.25, 0.3) is 0 Å². The number of carbonyl (C=O) groups excluding carboxylic acids is 3. The topological polar surface area (TPSA) is 108 Å². The van der Waals surface area contributed by atoms with Crippen molar-refractivity contribution in [2.45, 2.75) is 96.5 Å². The zero-order chi connectivity index (χ0) is 28.1. The third-order valence-corrected chi connectivity index (χ3v) is 6.23. The van der Waals surface area contributed by atoms with Crippen molar-refractivity contribution in [2.24, 2.45) is 0 Å². The van der Waals surface area contributed by atoms with E-state index in [0.717, 1.165) is 24.8 Å². The summed E-state index contributed by atoms with van der Waals surface area (Å²) in [6, 6.07) is 13.8. The number of nitrogens with one attached hydrogen (secondary N) is 2. The molecule has 0 heterocycles. The van der Waals surface area contributed by atoms with E-state index in [4.69, 9.17) is 4.74 Å². The fourth-order valence-electron chi connectivity index (χ4n) is 4.39. The number of alkyl carbamates (subject to hydrolysis) is 1. The summed E-state index contributed by atoms with van der Waals surface area (Å²) in [4.78, 5) is 42.6. The lowest BCUT2D eigenvalue weighted by Crippen LogP contribution is -2.59. The summed E-state index contributed by atoms with van der Waals surface area (Å²) < 4.78 is 5.47. The Hall–Kier alpha value is -3.55. The number of rotatable bonds is 8. The molecule has 2 aromatic carbocycles. The number of phenols is 1. The monoisotopic (exact) mass is 523 g/mol. The molecule has 38 heavy (non-hydrogen) atoms. The van der Waals surface area contributed by atoms with Gasteiger partial charge in [0, 0.05) is 18.0 Å². The number of nitrogens with zero attached hydrogens (tertiary/aromatic N) is 1. The highest BCUT2D eigenvalue weighted by Gasteiger charge is 2.42. The molecule has 0 spiro atoms. The molecule has 0 bridgehead atoms. The van der Waals surface area contributed by atoms with Crippen molar-refractivity contribution in [2.75, 3.05) is 0 Å². The van der Waals surface area contributed by atoms with Crippen molar-refractivity contribution in [3.63, 3.8) is 0 Å². The molecule has 8 nitrogen and oxygen atoms in total. The van der Waals surface area contributed by atoms with Gasteiger partial charge in [-0.15, -0.1) is 0 Å². The van der Waals surface area contributed by atoms with Gasteiger partial charge in [0.15, 0.2) is 0 Å². The van der Waals surface area contributed by atoms with E-state index in [0.29, 0.717) is 5.56 Å². The molecule has 2 atom stereocenters. The SMILES string of the molecule is CC(C)(C)NC(=O)C(c1ccccc1)N(C(=O)C(Cc1ccc(O)cc1)NC(=O)OC(C)(C)C)C1CCC1. The lowest BCUT2D eigenvalue weighted by Gasteiger charge is -2.44. The van der Waals surface area contributed by atoms with E-state index in [1.54, 1.807) is 37.8 Å². The molecule has 0 aliphatic heterocycles. The Labute approximate surface area is 225 Å². The molecule has 3 amide bonds. The average Bonchev–Trinajstić information content (AvgIpc) is 2.76. The van der Waals surface area contributed by atoms with Crippen LogP contribution >= 0.6 is 0 Å². The predicted molar refractivity (Wildman–Crippen MR) is 147 cm³/mol. The van der Waals surface area contributed by atoms with Gasteiger partial charge in [-0.2, -0.15) is 0 Å². The summed E-state index contributed by atoms with van der Waals surface area (Å²) in [6.07, 6.45) is 1.97.